The molecule has 3 rings (SSSR count). The van der Waals surface area contributed by atoms with Crippen molar-refractivity contribution in [1.29, 1.82) is 0 Å². The van der Waals surface area contributed by atoms with Gasteiger partial charge in [-0.15, -0.1) is 12.4 Å². The summed E-state index contributed by atoms with van der Waals surface area (Å²) in [5.74, 6) is 0.0943. The number of nitrogens with two attached hydrogens (primary N) is 1. The number of sulfonamides is 1. The van der Waals surface area contributed by atoms with Crippen molar-refractivity contribution in [2.24, 2.45) is 11.7 Å². The topological polar surface area (TPSA) is 92.5 Å². The highest BCUT2D eigenvalue weighted by Crippen LogP contribution is 2.26. The van der Waals surface area contributed by atoms with E-state index in [2.05, 4.69) is 5.32 Å². The molecule has 0 spiro atoms. The van der Waals surface area contributed by atoms with E-state index in [4.69, 9.17) is 5.73 Å². The Kier molecular flexibility index (Phi) is 8.30. The molecule has 8 heteroatoms. The molecule has 2 fully saturated rings. The SMILES string of the molecule is Cc1ccc(S(=O)(=O)N2CCCCC2)cc1C(=O)NC1CCCCC1CN.Cl. The monoisotopic (exact) mass is 429 g/mol. The number of hydrogen-bond donors (Lipinski definition) is 2. The highest BCUT2D eigenvalue weighted by Gasteiger charge is 2.29. The van der Waals surface area contributed by atoms with Crippen molar-refractivity contribution in [2.45, 2.75) is 62.8 Å². The predicted octanol–water partition coefficient (Wildman–Crippen LogP) is 2.84. The molecule has 2 unspecified atom stereocenters. The van der Waals surface area contributed by atoms with Gasteiger partial charge in [0, 0.05) is 24.7 Å². The Labute approximate surface area is 174 Å². The zero-order chi connectivity index (χ0) is 19.4. The lowest BCUT2D eigenvalue weighted by atomic mass is 9.84. The van der Waals surface area contributed by atoms with Gasteiger partial charge in [-0.05, 0) is 62.8 Å². The lowest BCUT2D eigenvalue weighted by Crippen LogP contribution is -2.45. The number of benzene rings is 1. The van der Waals surface area contributed by atoms with Crippen LogP contribution < -0.4 is 11.1 Å². The number of nitrogens with zero attached hydrogens (tertiary/aromatic N) is 1. The molecule has 1 heterocycles. The molecule has 1 aromatic carbocycles. The quantitative estimate of drug-likeness (QED) is 0.752. The maximum Gasteiger partial charge on any atom is 0.251 e. The van der Waals surface area contributed by atoms with E-state index in [1.807, 2.05) is 6.92 Å². The van der Waals surface area contributed by atoms with Crippen LogP contribution in [0.25, 0.3) is 0 Å². The fraction of sp³-hybridized carbons (Fsp3) is 0.650. The highest BCUT2D eigenvalue weighted by molar-refractivity contribution is 7.89. The van der Waals surface area contributed by atoms with Gasteiger partial charge in [0.05, 0.1) is 4.90 Å². The molecule has 1 aromatic rings. The average Bonchev–Trinajstić information content (AvgIpc) is 2.69. The lowest BCUT2D eigenvalue weighted by molar-refractivity contribution is 0.0907. The van der Waals surface area contributed by atoms with Gasteiger partial charge in [-0.3, -0.25) is 4.79 Å². The molecule has 2 aliphatic rings. The van der Waals surface area contributed by atoms with E-state index in [-0.39, 0.29) is 29.3 Å². The Morgan fingerprint density at radius 2 is 1.82 bits per heavy atom. The minimum Gasteiger partial charge on any atom is -0.349 e. The second kappa shape index (κ2) is 10.1. The Morgan fingerprint density at radius 3 is 2.50 bits per heavy atom. The smallest absolute Gasteiger partial charge is 0.251 e. The normalized spacial score (nSPS) is 23.6. The third-order valence-corrected chi connectivity index (χ3v) is 7.83. The highest BCUT2D eigenvalue weighted by atomic mass is 35.5. The summed E-state index contributed by atoms with van der Waals surface area (Å²) in [6.07, 6.45) is 7.04. The summed E-state index contributed by atoms with van der Waals surface area (Å²) in [7, 11) is -3.55. The molecule has 28 heavy (non-hydrogen) atoms. The van der Waals surface area contributed by atoms with Crippen LogP contribution in [0.4, 0.5) is 0 Å². The first kappa shape index (κ1) is 23.1. The Balaban J connectivity index is 0.00000280. The maximum absolute atomic E-state index is 12.9. The number of rotatable bonds is 5. The summed E-state index contributed by atoms with van der Waals surface area (Å²) in [4.78, 5) is 13.1. The fourth-order valence-electron chi connectivity index (χ4n) is 4.19. The van der Waals surface area contributed by atoms with Gasteiger partial charge < -0.3 is 11.1 Å². The standard InChI is InChI=1S/C20H31N3O3S.ClH/c1-15-9-10-17(27(25,26)23-11-5-2-6-12-23)13-18(15)20(24)22-19-8-4-3-7-16(19)14-21;/h9-10,13,16,19H,2-8,11-12,14,21H2,1H3,(H,22,24);1H. The third-order valence-electron chi connectivity index (χ3n) is 5.93. The summed E-state index contributed by atoms with van der Waals surface area (Å²) in [6.45, 7) is 3.51. The van der Waals surface area contributed by atoms with Gasteiger partial charge in [0.2, 0.25) is 10.0 Å². The number of amides is 1. The van der Waals surface area contributed by atoms with Crippen LogP contribution in [0.5, 0.6) is 0 Å². The van der Waals surface area contributed by atoms with Crippen LogP contribution in [0.1, 0.15) is 60.9 Å². The summed E-state index contributed by atoms with van der Waals surface area (Å²) >= 11 is 0. The summed E-state index contributed by atoms with van der Waals surface area (Å²) in [5.41, 5.74) is 7.09. The van der Waals surface area contributed by atoms with Gasteiger partial charge in [-0.2, -0.15) is 4.31 Å². The average molecular weight is 430 g/mol. The second-order valence-corrected chi connectivity index (χ2v) is 9.74. The maximum atomic E-state index is 12.9. The van der Waals surface area contributed by atoms with E-state index in [0.717, 1.165) is 50.5 Å². The molecule has 1 aliphatic heterocycles. The van der Waals surface area contributed by atoms with E-state index >= 15 is 0 Å². The Hall–Kier alpha value is -1.15. The first-order valence-electron chi connectivity index (χ1n) is 10.0. The van der Waals surface area contributed by atoms with Crippen molar-refractivity contribution in [3.8, 4) is 0 Å². The van der Waals surface area contributed by atoms with Crippen molar-refractivity contribution >= 4 is 28.3 Å². The molecule has 3 N–H and O–H groups in total. The predicted molar refractivity (Wildman–Crippen MR) is 113 cm³/mol. The van der Waals surface area contributed by atoms with E-state index in [1.165, 1.54) is 10.4 Å². The molecule has 158 valence electrons. The zero-order valence-corrected chi connectivity index (χ0v) is 18.2. The van der Waals surface area contributed by atoms with Crippen LogP contribution in [0.15, 0.2) is 23.1 Å². The number of halogens is 1. The molecule has 0 radical (unpaired) electrons. The van der Waals surface area contributed by atoms with Crippen LogP contribution in [0, 0.1) is 12.8 Å². The minimum absolute atomic E-state index is 0. The van der Waals surface area contributed by atoms with Crippen LogP contribution in [0.3, 0.4) is 0 Å². The number of piperidine rings is 1. The van der Waals surface area contributed by atoms with Crippen LogP contribution in [-0.2, 0) is 10.0 Å². The number of aryl methyl sites for hydroxylation is 1. The largest absolute Gasteiger partial charge is 0.349 e. The van der Waals surface area contributed by atoms with Crippen LogP contribution in [-0.4, -0.2) is 44.3 Å². The van der Waals surface area contributed by atoms with Crippen LogP contribution >= 0.6 is 12.4 Å². The third kappa shape index (κ3) is 5.06. The number of carbonyl (C=O) groups is 1. The zero-order valence-electron chi connectivity index (χ0n) is 16.5. The lowest BCUT2D eigenvalue weighted by Gasteiger charge is -2.31. The van der Waals surface area contributed by atoms with Gasteiger partial charge in [0.25, 0.3) is 5.91 Å². The van der Waals surface area contributed by atoms with Crippen molar-refractivity contribution in [1.82, 2.24) is 9.62 Å². The number of hydrogen-bond acceptors (Lipinski definition) is 4. The summed E-state index contributed by atoms with van der Waals surface area (Å²) in [5, 5.41) is 3.11. The molecule has 1 amide bonds. The van der Waals surface area contributed by atoms with E-state index < -0.39 is 10.0 Å². The number of nitrogens with one attached hydrogen (secondary N) is 1. The van der Waals surface area contributed by atoms with Gasteiger partial charge >= 0.3 is 0 Å². The summed E-state index contributed by atoms with van der Waals surface area (Å²) in [6, 6.07) is 4.94. The van der Waals surface area contributed by atoms with Gasteiger partial charge in [-0.25, -0.2) is 8.42 Å². The van der Waals surface area contributed by atoms with Crippen molar-refractivity contribution in [2.75, 3.05) is 19.6 Å². The van der Waals surface area contributed by atoms with E-state index in [1.54, 1.807) is 12.1 Å². The molecule has 1 aliphatic carbocycles. The van der Waals surface area contributed by atoms with E-state index in [0.29, 0.717) is 31.1 Å². The number of carbonyl (C=O) groups excluding carboxylic acids is 1. The fourth-order valence-corrected chi connectivity index (χ4v) is 5.73. The second-order valence-electron chi connectivity index (χ2n) is 7.80. The molecule has 1 saturated heterocycles. The van der Waals surface area contributed by atoms with Crippen molar-refractivity contribution in [3.05, 3.63) is 29.3 Å². The molecule has 1 saturated carbocycles. The molecular weight excluding hydrogens is 398 g/mol. The first-order chi connectivity index (χ1) is 12.9. The Morgan fingerprint density at radius 1 is 1.14 bits per heavy atom. The van der Waals surface area contributed by atoms with Crippen LogP contribution in [0.2, 0.25) is 0 Å². The molecule has 2 atom stereocenters. The summed E-state index contributed by atoms with van der Waals surface area (Å²) < 4.78 is 27.4. The van der Waals surface area contributed by atoms with Gasteiger partial charge in [-0.1, -0.05) is 25.3 Å². The molecule has 6 nitrogen and oxygen atoms in total. The first-order valence-corrected chi connectivity index (χ1v) is 11.5. The molecule has 0 aromatic heterocycles. The van der Waals surface area contributed by atoms with Gasteiger partial charge in [0.1, 0.15) is 0 Å². The van der Waals surface area contributed by atoms with Crippen molar-refractivity contribution in [3.63, 3.8) is 0 Å². The molecular formula is C20H32ClN3O3S. The molecule has 0 bridgehead atoms. The minimum atomic E-state index is -3.55. The van der Waals surface area contributed by atoms with E-state index in [9.17, 15) is 13.2 Å². The van der Waals surface area contributed by atoms with Crippen molar-refractivity contribution < 1.29 is 13.2 Å². The van der Waals surface area contributed by atoms with Gasteiger partial charge in [0.15, 0.2) is 0 Å². The Bertz CT molecular complexity index is 779.